The molecule has 0 spiro atoms. The highest BCUT2D eigenvalue weighted by Gasteiger charge is 2.56. The lowest BCUT2D eigenvalue weighted by Gasteiger charge is -2.38. The Kier molecular flexibility index (Phi) is 4.00. The van der Waals surface area contributed by atoms with Crippen LogP contribution < -0.4 is 0 Å². The summed E-state index contributed by atoms with van der Waals surface area (Å²) in [5.41, 5.74) is 2.32. The van der Waals surface area contributed by atoms with Gasteiger partial charge in [0, 0.05) is 7.89 Å². The molecule has 0 amide bonds. The van der Waals surface area contributed by atoms with E-state index >= 15 is 0 Å². The average molecular weight is 344 g/mol. The van der Waals surface area contributed by atoms with Crippen LogP contribution in [0, 0.1) is 0 Å². The minimum absolute atomic E-state index is 0.373. The van der Waals surface area contributed by atoms with E-state index in [1.54, 1.807) is 0 Å². The van der Waals surface area contributed by atoms with Crippen LogP contribution in [-0.2, 0) is 15.1 Å². The van der Waals surface area contributed by atoms with Crippen LogP contribution in [0.5, 0.6) is 0 Å². The number of carbonyl (C=O) groups excluding carboxylic acids is 1. The van der Waals surface area contributed by atoms with Crippen molar-refractivity contribution in [2.24, 2.45) is 0 Å². The number of ether oxygens (including phenoxy) is 1. The van der Waals surface area contributed by atoms with Crippen LogP contribution in [0.4, 0.5) is 0 Å². The molecule has 1 saturated heterocycles. The van der Waals surface area contributed by atoms with E-state index in [0.29, 0.717) is 0 Å². The first-order valence-corrected chi connectivity index (χ1v) is 8.66. The zero-order valence-corrected chi connectivity index (χ0v) is 14.6. The van der Waals surface area contributed by atoms with E-state index in [1.807, 2.05) is 59.5 Å². The molecular weight excluding hydrogens is 322 g/mol. The molecule has 3 heteroatoms. The van der Waals surface area contributed by atoms with Crippen molar-refractivity contribution in [3.63, 3.8) is 0 Å². The number of rotatable bonds is 5. The van der Waals surface area contributed by atoms with Gasteiger partial charge in [0.1, 0.15) is 6.04 Å². The SMILES string of the molecule is [2H][C@H]1[C@@H](C(=O)OC)N1C(c1ccccc1)(c1ccccc1)c1ccccc1. The lowest BCUT2D eigenvalue weighted by molar-refractivity contribution is -0.141. The molecule has 1 aliphatic heterocycles. The van der Waals surface area contributed by atoms with E-state index in [-0.39, 0.29) is 5.97 Å². The molecule has 0 aliphatic carbocycles. The number of hydrogen-bond acceptors (Lipinski definition) is 3. The van der Waals surface area contributed by atoms with Gasteiger partial charge in [-0.1, -0.05) is 91.0 Å². The summed E-state index contributed by atoms with van der Waals surface area (Å²) in [6.07, 6.45) is 0. The molecule has 0 radical (unpaired) electrons. The molecule has 130 valence electrons. The molecule has 4 rings (SSSR count). The molecule has 3 aromatic rings. The van der Waals surface area contributed by atoms with Gasteiger partial charge in [-0.05, 0) is 16.7 Å². The van der Waals surface area contributed by atoms with Crippen LogP contribution in [-0.4, -0.2) is 30.5 Å². The van der Waals surface area contributed by atoms with Gasteiger partial charge in [-0.2, -0.15) is 0 Å². The second kappa shape index (κ2) is 6.77. The van der Waals surface area contributed by atoms with Crippen molar-refractivity contribution in [3.8, 4) is 0 Å². The highest BCUT2D eigenvalue weighted by molar-refractivity contribution is 5.80. The van der Waals surface area contributed by atoms with Gasteiger partial charge in [-0.3, -0.25) is 9.69 Å². The van der Waals surface area contributed by atoms with Gasteiger partial charge < -0.3 is 4.74 Å². The third-order valence-corrected chi connectivity index (χ3v) is 4.92. The smallest absolute Gasteiger partial charge is 0.324 e. The third-order valence-electron chi connectivity index (χ3n) is 4.92. The Bertz CT molecular complexity index is 818. The first-order valence-electron chi connectivity index (χ1n) is 9.24. The first-order chi connectivity index (χ1) is 13.2. The van der Waals surface area contributed by atoms with E-state index in [2.05, 4.69) is 36.4 Å². The van der Waals surface area contributed by atoms with Crippen molar-refractivity contribution >= 4 is 5.97 Å². The van der Waals surface area contributed by atoms with Crippen molar-refractivity contribution in [2.75, 3.05) is 13.6 Å². The van der Waals surface area contributed by atoms with Gasteiger partial charge >= 0.3 is 5.97 Å². The van der Waals surface area contributed by atoms with Crippen LogP contribution in [0.25, 0.3) is 0 Å². The van der Waals surface area contributed by atoms with Crippen molar-refractivity contribution in [2.45, 2.75) is 11.6 Å². The van der Waals surface area contributed by atoms with Crippen LogP contribution in [0.2, 0.25) is 0 Å². The fourth-order valence-electron chi connectivity index (χ4n) is 3.71. The van der Waals surface area contributed by atoms with Gasteiger partial charge in [0.15, 0.2) is 0 Å². The Morgan fingerprint density at radius 1 is 0.885 bits per heavy atom. The Balaban J connectivity index is 2.01. The number of hydrogen-bond donors (Lipinski definition) is 0. The van der Waals surface area contributed by atoms with Crippen LogP contribution in [0.1, 0.15) is 18.1 Å². The average Bonchev–Trinajstić information content (AvgIpc) is 3.41. The molecule has 0 saturated carbocycles. The van der Waals surface area contributed by atoms with Crippen molar-refractivity contribution in [1.82, 2.24) is 4.90 Å². The van der Waals surface area contributed by atoms with E-state index in [0.717, 1.165) is 16.7 Å². The van der Waals surface area contributed by atoms with E-state index < -0.39 is 18.1 Å². The van der Waals surface area contributed by atoms with Gasteiger partial charge in [0.2, 0.25) is 0 Å². The molecule has 0 bridgehead atoms. The standard InChI is InChI=1S/C23H21NO2/c1-26-22(25)21-17-24(21)23(18-11-5-2-6-12-18,19-13-7-3-8-14-19)20-15-9-4-10-16-20/h2-16,21H,17H2,1H3/t21-,24?/m0/s1/i17D/t17-,21-,24?. The van der Waals surface area contributed by atoms with Crippen molar-refractivity contribution in [3.05, 3.63) is 108 Å². The Morgan fingerprint density at radius 3 is 1.62 bits per heavy atom. The molecule has 0 aromatic heterocycles. The second-order valence-electron chi connectivity index (χ2n) is 6.33. The number of benzene rings is 3. The molecule has 3 atom stereocenters. The largest absolute Gasteiger partial charge is 0.468 e. The van der Waals surface area contributed by atoms with Gasteiger partial charge in [0.25, 0.3) is 0 Å². The Labute approximate surface area is 155 Å². The third kappa shape index (κ3) is 2.61. The number of nitrogens with zero attached hydrogens (tertiary/aromatic N) is 1. The Hall–Kier alpha value is -2.91. The number of carbonyl (C=O) groups is 1. The zero-order chi connectivity index (χ0) is 18.9. The first kappa shape index (κ1) is 15.4. The molecule has 26 heavy (non-hydrogen) atoms. The predicted molar refractivity (Wildman–Crippen MR) is 102 cm³/mol. The predicted octanol–water partition coefficient (Wildman–Crippen LogP) is 3.84. The summed E-state index contributed by atoms with van der Waals surface area (Å²) in [6, 6.07) is 29.6. The molecule has 1 unspecified atom stereocenters. The van der Waals surface area contributed by atoms with Crippen LogP contribution >= 0.6 is 0 Å². The quantitative estimate of drug-likeness (QED) is 0.400. The van der Waals surface area contributed by atoms with Gasteiger partial charge in [0.05, 0.1) is 12.6 Å². The lowest BCUT2D eigenvalue weighted by atomic mass is 9.76. The molecular formula is C23H21NO2. The monoisotopic (exact) mass is 344 g/mol. The summed E-state index contributed by atoms with van der Waals surface area (Å²) >= 11 is 0. The van der Waals surface area contributed by atoms with Crippen molar-refractivity contribution in [1.29, 1.82) is 0 Å². The van der Waals surface area contributed by atoms with Gasteiger partial charge in [-0.25, -0.2) is 0 Å². The van der Waals surface area contributed by atoms with Gasteiger partial charge in [-0.15, -0.1) is 0 Å². The minimum Gasteiger partial charge on any atom is -0.468 e. The summed E-state index contributed by atoms with van der Waals surface area (Å²) in [5.74, 6) is -0.373. The fraction of sp³-hybridized carbons (Fsp3) is 0.174. The normalized spacial score (nSPS) is 22.3. The van der Waals surface area contributed by atoms with Crippen LogP contribution in [0.15, 0.2) is 91.0 Å². The van der Waals surface area contributed by atoms with E-state index in [4.69, 9.17) is 6.11 Å². The van der Waals surface area contributed by atoms with Crippen LogP contribution in [0.3, 0.4) is 0 Å². The maximum atomic E-state index is 12.4. The molecule has 3 nitrogen and oxygen atoms in total. The summed E-state index contributed by atoms with van der Waals surface area (Å²) in [4.78, 5) is 14.3. The topological polar surface area (TPSA) is 29.3 Å². The second-order valence-corrected chi connectivity index (χ2v) is 6.33. The Morgan fingerprint density at radius 2 is 1.27 bits per heavy atom. The molecule has 1 aliphatic rings. The summed E-state index contributed by atoms with van der Waals surface area (Å²) in [7, 11) is 1.38. The fourth-order valence-corrected chi connectivity index (χ4v) is 3.71. The summed E-state index contributed by atoms with van der Waals surface area (Å²) < 4.78 is 13.5. The maximum absolute atomic E-state index is 12.4. The number of esters is 1. The van der Waals surface area contributed by atoms with Crippen molar-refractivity contribution < 1.29 is 10.9 Å². The van der Waals surface area contributed by atoms with E-state index in [9.17, 15) is 4.79 Å². The number of methoxy groups -OCH3 is 1. The molecule has 1 fully saturated rings. The highest BCUT2D eigenvalue weighted by atomic mass is 16.5. The maximum Gasteiger partial charge on any atom is 0.324 e. The minimum atomic E-state index is -0.741. The highest BCUT2D eigenvalue weighted by Crippen LogP contribution is 2.48. The molecule has 3 aromatic carbocycles. The lowest BCUT2D eigenvalue weighted by Crippen LogP contribution is -2.40. The molecule has 0 N–H and O–H groups in total. The molecule has 1 heterocycles. The van der Waals surface area contributed by atoms with E-state index in [1.165, 1.54) is 7.11 Å². The summed E-state index contributed by atoms with van der Waals surface area (Å²) in [6.45, 7) is -0.668. The zero-order valence-electron chi connectivity index (χ0n) is 15.6. The summed E-state index contributed by atoms with van der Waals surface area (Å²) in [5, 5.41) is 0.